The normalized spacial score (nSPS) is 17.8. The van der Waals surface area contributed by atoms with Crippen LogP contribution in [0.3, 0.4) is 0 Å². The van der Waals surface area contributed by atoms with Gasteiger partial charge < -0.3 is 14.6 Å². The number of aromatic nitrogens is 2. The minimum absolute atomic E-state index is 0.557. The largest absolute Gasteiger partial charge is 0.467 e. The second-order valence-corrected chi connectivity index (χ2v) is 5.93. The van der Waals surface area contributed by atoms with Gasteiger partial charge in [0.25, 0.3) is 0 Å². The quantitative estimate of drug-likeness (QED) is 0.883. The molecule has 5 nitrogen and oxygen atoms in total. The molecule has 2 aromatic heterocycles. The van der Waals surface area contributed by atoms with Crippen molar-refractivity contribution >= 4 is 11.6 Å². The van der Waals surface area contributed by atoms with Crippen LogP contribution < -0.4 is 10.2 Å². The number of nitrogens with one attached hydrogen (secondary N) is 1. The van der Waals surface area contributed by atoms with E-state index < -0.39 is 0 Å². The maximum absolute atomic E-state index is 5.51. The fraction of sp³-hybridized carbons (Fsp3) is 0.500. The van der Waals surface area contributed by atoms with Gasteiger partial charge in [-0.1, -0.05) is 0 Å². The Balaban J connectivity index is 1.66. The second kappa shape index (κ2) is 5.06. The Morgan fingerprint density at radius 3 is 2.76 bits per heavy atom. The zero-order valence-electron chi connectivity index (χ0n) is 12.2. The molecule has 0 saturated heterocycles. The summed E-state index contributed by atoms with van der Waals surface area (Å²) in [5, 5.41) is 3.16. The SMILES string of the molecule is CNc1cc(N(Cc2ccco2)C2CC2)nc(C2CC2)n1. The lowest BCUT2D eigenvalue weighted by atomic mass is 10.3. The molecule has 0 atom stereocenters. The second-order valence-electron chi connectivity index (χ2n) is 5.93. The first kappa shape index (κ1) is 12.7. The van der Waals surface area contributed by atoms with Gasteiger partial charge in [0.1, 0.15) is 23.2 Å². The Kier molecular flexibility index (Phi) is 3.05. The fourth-order valence-corrected chi connectivity index (χ4v) is 2.61. The molecule has 110 valence electrons. The highest BCUT2D eigenvalue weighted by Crippen LogP contribution is 2.40. The third kappa shape index (κ3) is 2.73. The molecule has 2 fully saturated rings. The van der Waals surface area contributed by atoms with Gasteiger partial charge in [-0.3, -0.25) is 0 Å². The number of rotatable bonds is 6. The first-order valence-corrected chi connectivity index (χ1v) is 7.69. The van der Waals surface area contributed by atoms with Crippen molar-refractivity contribution in [3.63, 3.8) is 0 Å². The van der Waals surface area contributed by atoms with Crippen LogP contribution in [0, 0.1) is 0 Å². The molecular weight excluding hydrogens is 264 g/mol. The van der Waals surface area contributed by atoms with Crippen LogP contribution in [0.2, 0.25) is 0 Å². The summed E-state index contributed by atoms with van der Waals surface area (Å²) in [5.41, 5.74) is 0. The van der Waals surface area contributed by atoms with Gasteiger partial charge in [0.2, 0.25) is 0 Å². The van der Waals surface area contributed by atoms with E-state index in [4.69, 9.17) is 9.40 Å². The van der Waals surface area contributed by atoms with E-state index in [-0.39, 0.29) is 0 Å². The zero-order valence-corrected chi connectivity index (χ0v) is 12.2. The molecule has 2 aliphatic rings. The van der Waals surface area contributed by atoms with Gasteiger partial charge in [-0.05, 0) is 37.8 Å². The van der Waals surface area contributed by atoms with E-state index in [2.05, 4.69) is 15.2 Å². The summed E-state index contributed by atoms with van der Waals surface area (Å²) < 4.78 is 5.51. The Hall–Kier alpha value is -2.04. The molecule has 2 aliphatic carbocycles. The first-order chi connectivity index (χ1) is 10.3. The summed E-state index contributed by atoms with van der Waals surface area (Å²) in [6, 6.07) is 6.60. The molecule has 0 bridgehead atoms. The zero-order chi connectivity index (χ0) is 14.2. The van der Waals surface area contributed by atoms with Crippen LogP contribution in [-0.4, -0.2) is 23.1 Å². The molecule has 0 unspecified atom stereocenters. The molecular formula is C16H20N4O. The van der Waals surface area contributed by atoms with E-state index in [1.165, 1.54) is 25.7 Å². The predicted octanol–water partition coefficient (Wildman–Crippen LogP) is 3.16. The number of furan rings is 1. The Bertz CT molecular complexity index is 617. The summed E-state index contributed by atoms with van der Waals surface area (Å²) >= 11 is 0. The highest BCUT2D eigenvalue weighted by molar-refractivity contribution is 5.51. The Labute approximate surface area is 124 Å². The predicted molar refractivity (Wildman–Crippen MR) is 81.5 cm³/mol. The van der Waals surface area contributed by atoms with Gasteiger partial charge in [0.15, 0.2) is 0 Å². The van der Waals surface area contributed by atoms with Crippen LogP contribution in [0.25, 0.3) is 0 Å². The lowest BCUT2D eigenvalue weighted by Crippen LogP contribution is -2.26. The minimum atomic E-state index is 0.557. The number of anilines is 2. The topological polar surface area (TPSA) is 54.2 Å². The summed E-state index contributed by atoms with van der Waals surface area (Å²) in [6.07, 6.45) is 6.63. The molecule has 0 radical (unpaired) electrons. The maximum atomic E-state index is 5.51. The molecule has 5 heteroatoms. The van der Waals surface area contributed by atoms with E-state index in [9.17, 15) is 0 Å². The monoisotopic (exact) mass is 284 g/mol. The van der Waals surface area contributed by atoms with Crippen molar-refractivity contribution in [1.82, 2.24) is 9.97 Å². The molecule has 1 N–H and O–H groups in total. The van der Waals surface area contributed by atoms with Gasteiger partial charge in [0, 0.05) is 25.1 Å². The van der Waals surface area contributed by atoms with Crippen molar-refractivity contribution in [3.05, 3.63) is 36.0 Å². The van der Waals surface area contributed by atoms with Crippen molar-refractivity contribution in [2.24, 2.45) is 0 Å². The average molecular weight is 284 g/mol. The first-order valence-electron chi connectivity index (χ1n) is 7.69. The maximum Gasteiger partial charge on any atom is 0.136 e. The van der Waals surface area contributed by atoms with Gasteiger partial charge in [0.05, 0.1) is 12.8 Å². The lowest BCUT2D eigenvalue weighted by Gasteiger charge is -2.23. The van der Waals surface area contributed by atoms with E-state index in [1.807, 2.05) is 25.2 Å². The summed E-state index contributed by atoms with van der Waals surface area (Å²) in [5.74, 6) is 4.46. The summed E-state index contributed by atoms with van der Waals surface area (Å²) in [6.45, 7) is 0.780. The summed E-state index contributed by atoms with van der Waals surface area (Å²) in [4.78, 5) is 11.8. The van der Waals surface area contributed by atoms with Crippen LogP contribution in [0.1, 0.15) is 43.2 Å². The highest BCUT2D eigenvalue weighted by Gasteiger charge is 2.33. The molecule has 0 spiro atoms. The standard InChI is InChI=1S/C16H20N4O/c1-17-14-9-15(19-16(18-14)11-4-5-11)20(12-6-7-12)10-13-3-2-8-21-13/h2-3,8-9,11-12H,4-7,10H2,1H3,(H,17,18,19). The van der Waals surface area contributed by atoms with Gasteiger partial charge >= 0.3 is 0 Å². The van der Waals surface area contributed by atoms with Crippen molar-refractivity contribution < 1.29 is 4.42 Å². The third-order valence-electron chi connectivity index (χ3n) is 4.12. The molecule has 2 heterocycles. The molecule has 2 saturated carbocycles. The van der Waals surface area contributed by atoms with Crippen LogP contribution in [0.15, 0.2) is 28.9 Å². The van der Waals surface area contributed by atoms with Crippen LogP contribution in [0.4, 0.5) is 11.6 Å². The summed E-state index contributed by atoms with van der Waals surface area (Å²) in [7, 11) is 1.91. The van der Waals surface area contributed by atoms with Crippen LogP contribution >= 0.6 is 0 Å². The molecule has 0 amide bonds. The Morgan fingerprint density at radius 2 is 2.14 bits per heavy atom. The lowest BCUT2D eigenvalue weighted by molar-refractivity contribution is 0.500. The van der Waals surface area contributed by atoms with Gasteiger partial charge in [-0.15, -0.1) is 0 Å². The fourth-order valence-electron chi connectivity index (χ4n) is 2.61. The minimum Gasteiger partial charge on any atom is -0.467 e. The number of nitrogens with zero attached hydrogens (tertiary/aromatic N) is 3. The van der Waals surface area contributed by atoms with Gasteiger partial charge in [-0.2, -0.15) is 0 Å². The third-order valence-corrected chi connectivity index (χ3v) is 4.12. The number of hydrogen-bond acceptors (Lipinski definition) is 5. The molecule has 0 aromatic carbocycles. The van der Waals surface area contributed by atoms with E-state index in [0.717, 1.165) is 29.8 Å². The van der Waals surface area contributed by atoms with E-state index in [0.29, 0.717) is 12.0 Å². The van der Waals surface area contributed by atoms with E-state index in [1.54, 1.807) is 6.26 Å². The molecule has 0 aliphatic heterocycles. The molecule has 21 heavy (non-hydrogen) atoms. The number of hydrogen-bond donors (Lipinski definition) is 1. The van der Waals surface area contributed by atoms with E-state index >= 15 is 0 Å². The highest BCUT2D eigenvalue weighted by atomic mass is 16.3. The molecule has 2 aromatic rings. The van der Waals surface area contributed by atoms with Crippen molar-refractivity contribution in [2.75, 3.05) is 17.3 Å². The van der Waals surface area contributed by atoms with Crippen molar-refractivity contribution in [1.29, 1.82) is 0 Å². The van der Waals surface area contributed by atoms with Crippen molar-refractivity contribution in [3.8, 4) is 0 Å². The Morgan fingerprint density at radius 1 is 1.29 bits per heavy atom. The average Bonchev–Trinajstić information content (AvgIpc) is 3.43. The molecule has 4 rings (SSSR count). The van der Waals surface area contributed by atoms with Crippen LogP contribution in [-0.2, 0) is 6.54 Å². The van der Waals surface area contributed by atoms with Crippen LogP contribution in [0.5, 0.6) is 0 Å². The van der Waals surface area contributed by atoms with Crippen molar-refractivity contribution in [2.45, 2.75) is 44.2 Å². The smallest absolute Gasteiger partial charge is 0.136 e. The van der Waals surface area contributed by atoms with Gasteiger partial charge in [-0.25, -0.2) is 9.97 Å².